The Morgan fingerprint density at radius 1 is 1.10 bits per heavy atom. The Morgan fingerprint density at radius 2 is 1.76 bits per heavy atom. The van der Waals surface area contributed by atoms with Crippen LogP contribution in [0.5, 0.6) is 0 Å². The standard InChI is InChI=1S/C21H32N4O4/c1-22(2)16-7-14-10-25(11-15(14)8-18(16)29-12-13-5-6-13)20(27)17-9-19(26)24(4)21(28)23(17)3/h9,13-16,18H,5-8,10-12H2,1-4H3/t14-,15+,16-,18-/m1/s1. The van der Waals surface area contributed by atoms with Gasteiger partial charge in [0.1, 0.15) is 5.69 Å². The van der Waals surface area contributed by atoms with Gasteiger partial charge in [-0.15, -0.1) is 0 Å². The highest BCUT2D eigenvalue weighted by Crippen LogP contribution is 2.40. The van der Waals surface area contributed by atoms with Crippen molar-refractivity contribution in [3.05, 3.63) is 32.6 Å². The lowest BCUT2D eigenvalue weighted by Gasteiger charge is -2.41. The number of likely N-dealkylation sites (N-methyl/N-ethyl adjacent to an activating group) is 1. The number of aromatic nitrogens is 2. The minimum atomic E-state index is -0.473. The second-order valence-corrected chi connectivity index (χ2v) is 9.32. The summed E-state index contributed by atoms with van der Waals surface area (Å²) in [7, 11) is 7.17. The van der Waals surface area contributed by atoms with Crippen molar-refractivity contribution >= 4 is 5.91 Å². The van der Waals surface area contributed by atoms with Crippen LogP contribution in [0, 0.1) is 17.8 Å². The maximum atomic E-state index is 13.1. The van der Waals surface area contributed by atoms with E-state index in [9.17, 15) is 14.4 Å². The van der Waals surface area contributed by atoms with Gasteiger partial charge in [-0.1, -0.05) is 0 Å². The third-order valence-corrected chi connectivity index (χ3v) is 7.02. The zero-order valence-corrected chi connectivity index (χ0v) is 17.8. The lowest BCUT2D eigenvalue weighted by atomic mass is 9.77. The van der Waals surface area contributed by atoms with E-state index in [1.807, 2.05) is 4.90 Å². The molecular weight excluding hydrogens is 372 g/mol. The Balaban J connectivity index is 1.50. The summed E-state index contributed by atoms with van der Waals surface area (Å²) in [4.78, 5) is 41.4. The number of hydrogen-bond acceptors (Lipinski definition) is 5. The predicted molar refractivity (Wildman–Crippen MR) is 109 cm³/mol. The topological polar surface area (TPSA) is 76.8 Å². The van der Waals surface area contributed by atoms with Gasteiger partial charge >= 0.3 is 5.69 Å². The van der Waals surface area contributed by atoms with Gasteiger partial charge < -0.3 is 14.5 Å². The van der Waals surface area contributed by atoms with Crippen molar-refractivity contribution in [1.82, 2.24) is 18.9 Å². The molecule has 160 valence electrons. The van der Waals surface area contributed by atoms with Crippen molar-refractivity contribution in [2.75, 3.05) is 33.8 Å². The molecule has 0 aromatic carbocycles. The lowest BCUT2D eigenvalue weighted by molar-refractivity contribution is -0.0493. The van der Waals surface area contributed by atoms with Gasteiger partial charge in [0.25, 0.3) is 11.5 Å². The summed E-state index contributed by atoms with van der Waals surface area (Å²) in [5.41, 5.74) is -0.754. The second-order valence-electron chi connectivity index (χ2n) is 9.32. The Hall–Kier alpha value is -1.93. The van der Waals surface area contributed by atoms with Crippen LogP contribution in [0.3, 0.4) is 0 Å². The van der Waals surface area contributed by atoms with Gasteiger partial charge in [-0.25, -0.2) is 4.79 Å². The average Bonchev–Trinajstić information content (AvgIpc) is 3.43. The first-order chi connectivity index (χ1) is 13.8. The number of ether oxygens (including phenoxy) is 1. The maximum Gasteiger partial charge on any atom is 0.331 e. The SMILES string of the molecule is CN(C)[C@@H]1C[C@@H]2CN(C(=O)c3cc(=O)n(C)c(=O)n3C)C[C@@H]2C[C@H]1OCC1CC1. The third kappa shape index (κ3) is 3.92. The molecule has 2 aliphatic carbocycles. The van der Waals surface area contributed by atoms with Gasteiger partial charge in [0.2, 0.25) is 0 Å². The molecular formula is C21H32N4O4. The molecule has 0 bridgehead atoms. The summed E-state index contributed by atoms with van der Waals surface area (Å²) in [6.07, 6.45) is 4.73. The van der Waals surface area contributed by atoms with Crippen LogP contribution in [0.15, 0.2) is 15.7 Å². The van der Waals surface area contributed by atoms with E-state index in [1.165, 1.54) is 30.5 Å². The van der Waals surface area contributed by atoms with Crippen molar-refractivity contribution in [2.45, 2.75) is 37.8 Å². The van der Waals surface area contributed by atoms with E-state index in [-0.39, 0.29) is 17.7 Å². The fourth-order valence-corrected chi connectivity index (χ4v) is 4.92. The van der Waals surface area contributed by atoms with Gasteiger partial charge in [0.05, 0.1) is 6.10 Å². The number of fused-ring (bicyclic) bond motifs is 1. The summed E-state index contributed by atoms with van der Waals surface area (Å²) in [5, 5.41) is 0. The number of hydrogen-bond donors (Lipinski definition) is 0. The minimum Gasteiger partial charge on any atom is -0.376 e. The summed E-state index contributed by atoms with van der Waals surface area (Å²) >= 11 is 0. The molecule has 29 heavy (non-hydrogen) atoms. The van der Waals surface area contributed by atoms with E-state index in [0.717, 1.165) is 29.9 Å². The molecule has 4 atom stereocenters. The van der Waals surface area contributed by atoms with Gasteiger partial charge in [0.15, 0.2) is 0 Å². The van der Waals surface area contributed by atoms with E-state index in [4.69, 9.17) is 4.74 Å². The Kier molecular flexibility index (Phi) is 5.42. The Morgan fingerprint density at radius 3 is 2.38 bits per heavy atom. The van der Waals surface area contributed by atoms with Gasteiger partial charge in [0, 0.05) is 45.9 Å². The molecule has 0 N–H and O–H groups in total. The zero-order chi connectivity index (χ0) is 20.9. The molecule has 1 aromatic rings. The van der Waals surface area contributed by atoms with E-state index in [0.29, 0.717) is 31.0 Å². The quantitative estimate of drug-likeness (QED) is 0.705. The molecule has 0 radical (unpaired) electrons. The van der Waals surface area contributed by atoms with Crippen LogP contribution >= 0.6 is 0 Å². The van der Waals surface area contributed by atoms with Crippen LogP contribution in [0.2, 0.25) is 0 Å². The fourth-order valence-electron chi connectivity index (χ4n) is 4.92. The number of likely N-dealkylation sites (tertiary alicyclic amines) is 1. The molecule has 1 aliphatic heterocycles. The smallest absolute Gasteiger partial charge is 0.331 e. The van der Waals surface area contributed by atoms with E-state index in [1.54, 1.807) is 7.05 Å². The number of rotatable bonds is 5. The molecule has 0 spiro atoms. The first-order valence-electron chi connectivity index (χ1n) is 10.6. The van der Waals surface area contributed by atoms with Gasteiger partial charge in [-0.05, 0) is 57.5 Å². The van der Waals surface area contributed by atoms with E-state index >= 15 is 0 Å². The molecule has 2 heterocycles. The molecule has 1 aromatic heterocycles. The average molecular weight is 405 g/mol. The van der Waals surface area contributed by atoms with Crippen molar-refractivity contribution in [2.24, 2.45) is 31.8 Å². The van der Waals surface area contributed by atoms with E-state index in [2.05, 4.69) is 19.0 Å². The maximum absolute atomic E-state index is 13.1. The molecule has 3 aliphatic rings. The Labute approximate surface area is 171 Å². The summed E-state index contributed by atoms with van der Waals surface area (Å²) < 4.78 is 8.59. The van der Waals surface area contributed by atoms with Crippen molar-refractivity contribution in [1.29, 1.82) is 0 Å². The molecule has 0 unspecified atom stereocenters. The first-order valence-corrected chi connectivity index (χ1v) is 10.6. The monoisotopic (exact) mass is 404 g/mol. The highest BCUT2D eigenvalue weighted by atomic mass is 16.5. The number of carbonyl (C=O) groups excluding carboxylic acids is 1. The highest BCUT2D eigenvalue weighted by Gasteiger charge is 2.45. The molecule has 1 saturated heterocycles. The van der Waals surface area contributed by atoms with Crippen LogP contribution < -0.4 is 11.2 Å². The van der Waals surface area contributed by atoms with Gasteiger partial charge in [-0.3, -0.25) is 18.7 Å². The van der Waals surface area contributed by atoms with Crippen LogP contribution in [0.25, 0.3) is 0 Å². The summed E-state index contributed by atoms with van der Waals surface area (Å²) in [5.74, 6) is 1.34. The minimum absolute atomic E-state index is 0.169. The highest BCUT2D eigenvalue weighted by molar-refractivity contribution is 5.92. The van der Waals surface area contributed by atoms with Gasteiger partial charge in [-0.2, -0.15) is 0 Å². The molecule has 1 amide bonds. The lowest BCUT2D eigenvalue weighted by Crippen LogP contribution is -2.48. The molecule has 3 fully saturated rings. The van der Waals surface area contributed by atoms with Crippen molar-refractivity contribution < 1.29 is 9.53 Å². The number of amides is 1. The van der Waals surface area contributed by atoms with Crippen LogP contribution in [-0.2, 0) is 18.8 Å². The zero-order valence-electron chi connectivity index (χ0n) is 17.8. The first kappa shape index (κ1) is 20.3. The molecule has 8 nitrogen and oxygen atoms in total. The number of carbonyl (C=O) groups is 1. The normalized spacial score (nSPS) is 29.3. The molecule has 8 heteroatoms. The van der Waals surface area contributed by atoms with Crippen molar-refractivity contribution in [3.8, 4) is 0 Å². The predicted octanol–water partition coefficient (Wildman–Crippen LogP) is 0.291. The van der Waals surface area contributed by atoms with Crippen LogP contribution in [-0.4, -0.2) is 70.8 Å². The van der Waals surface area contributed by atoms with E-state index < -0.39 is 11.2 Å². The largest absolute Gasteiger partial charge is 0.376 e. The van der Waals surface area contributed by atoms with Crippen LogP contribution in [0.1, 0.15) is 36.2 Å². The Bertz CT molecular complexity index is 901. The van der Waals surface area contributed by atoms with Crippen LogP contribution in [0.4, 0.5) is 0 Å². The molecule has 4 rings (SSSR count). The number of nitrogens with zero attached hydrogens (tertiary/aromatic N) is 4. The summed E-state index contributed by atoms with van der Waals surface area (Å²) in [6.45, 7) is 2.19. The second kappa shape index (κ2) is 7.72. The summed E-state index contributed by atoms with van der Waals surface area (Å²) in [6, 6.07) is 1.63. The van der Waals surface area contributed by atoms with Crippen molar-refractivity contribution in [3.63, 3.8) is 0 Å². The third-order valence-electron chi connectivity index (χ3n) is 7.02. The molecule has 2 saturated carbocycles. The fraction of sp³-hybridized carbons (Fsp3) is 0.762.